The number of aromatic nitrogens is 1. The molecule has 0 spiro atoms. The molecule has 0 fully saturated rings. The van der Waals surface area contributed by atoms with Gasteiger partial charge < -0.3 is 4.90 Å². The maximum Gasteiger partial charge on any atom is 0.271 e. The van der Waals surface area contributed by atoms with Crippen LogP contribution in [0.3, 0.4) is 0 Å². The Morgan fingerprint density at radius 3 is 2.53 bits per heavy atom. The van der Waals surface area contributed by atoms with E-state index >= 15 is 0 Å². The molecule has 0 aliphatic carbocycles. The summed E-state index contributed by atoms with van der Waals surface area (Å²) in [6.07, 6.45) is 1.23. The summed E-state index contributed by atoms with van der Waals surface area (Å²) in [7, 11) is -0.697. The normalized spacial score (nSPS) is 11.1. The Kier molecular flexibility index (Phi) is 3.06. The lowest BCUT2D eigenvalue weighted by atomic mass is 10.3. The fourth-order valence-corrected chi connectivity index (χ4v) is 1.46. The topological polar surface area (TPSA) is 93.4 Å². The smallest absolute Gasteiger partial charge is 0.271 e. The summed E-state index contributed by atoms with van der Waals surface area (Å²) >= 11 is 0. The Morgan fingerprint density at radius 1 is 1.47 bits per heavy atom. The first kappa shape index (κ1) is 11.6. The molecule has 7 heteroatoms. The van der Waals surface area contributed by atoms with Crippen molar-refractivity contribution in [3.8, 4) is 0 Å². The molecular weight excluding hydrogens is 218 g/mol. The number of nitrogens with two attached hydrogens (primary N) is 1. The van der Waals surface area contributed by atoms with E-state index in [1.165, 1.54) is 17.2 Å². The average Bonchev–Trinajstić information content (AvgIpc) is 2.15. The summed E-state index contributed by atoms with van der Waals surface area (Å²) in [5.74, 6) is -0.375. The molecule has 0 bridgehead atoms. The van der Waals surface area contributed by atoms with Gasteiger partial charge >= 0.3 is 0 Å². The summed E-state index contributed by atoms with van der Waals surface area (Å²) in [6, 6.07) is 2.39. The Labute approximate surface area is 87.8 Å². The molecule has 6 nitrogen and oxygen atoms in total. The Balaban J connectivity index is 3.20. The summed E-state index contributed by atoms with van der Waals surface area (Å²) in [5, 5.41) is 4.92. The maximum absolute atomic E-state index is 11.5. The van der Waals surface area contributed by atoms with Crippen LogP contribution in [0.15, 0.2) is 23.2 Å². The van der Waals surface area contributed by atoms with Crippen molar-refractivity contribution in [3.63, 3.8) is 0 Å². The Morgan fingerprint density at radius 2 is 2.07 bits per heavy atom. The van der Waals surface area contributed by atoms with E-state index in [0.717, 1.165) is 6.07 Å². The number of hydrogen-bond donors (Lipinski definition) is 1. The van der Waals surface area contributed by atoms with E-state index in [4.69, 9.17) is 5.14 Å². The molecule has 1 amide bonds. The zero-order valence-electron chi connectivity index (χ0n) is 8.34. The first-order chi connectivity index (χ1) is 6.82. The van der Waals surface area contributed by atoms with Crippen molar-refractivity contribution >= 4 is 15.9 Å². The third-order valence-electron chi connectivity index (χ3n) is 1.69. The van der Waals surface area contributed by atoms with Gasteiger partial charge in [-0.15, -0.1) is 0 Å². The van der Waals surface area contributed by atoms with Crippen LogP contribution in [0.4, 0.5) is 0 Å². The number of hydrogen-bond acceptors (Lipinski definition) is 4. The molecule has 1 aromatic heterocycles. The number of pyridine rings is 1. The van der Waals surface area contributed by atoms with E-state index in [9.17, 15) is 13.2 Å². The highest BCUT2D eigenvalue weighted by Gasteiger charge is 2.14. The van der Waals surface area contributed by atoms with E-state index in [2.05, 4.69) is 4.98 Å². The fraction of sp³-hybridized carbons (Fsp3) is 0.250. The number of sulfonamides is 1. The maximum atomic E-state index is 11.5. The van der Waals surface area contributed by atoms with E-state index < -0.39 is 10.0 Å². The number of carbonyl (C=O) groups excluding carboxylic acids is 1. The van der Waals surface area contributed by atoms with Gasteiger partial charge in [-0.1, -0.05) is 0 Å². The molecule has 1 aromatic rings. The minimum absolute atomic E-state index is 0.0477. The second-order valence-electron chi connectivity index (χ2n) is 3.12. The quantitative estimate of drug-likeness (QED) is 0.735. The summed E-state index contributed by atoms with van der Waals surface area (Å²) in [4.78, 5) is 16.4. The molecule has 1 rings (SSSR count). The van der Waals surface area contributed by atoms with Gasteiger partial charge in [-0.25, -0.2) is 13.6 Å². The van der Waals surface area contributed by atoms with Gasteiger partial charge in [0.25, 0.3) is 5.91 Å². The van der Waals surface area contributed by atoms with Crippen LogP contribution < -0.4 is 5.14 Å². The highest BCUT2D eigenvalue weighted by atomic mass is 32.2. The number of primary sulfonamides is 1. The zero-order chi connectivity index (χ0) is 11.6. The van der Waals surface area contributed by atoms with Gasteiger partial charge in [-0.2, -0.15) is 0 Å². The van der Waals surface area contributed by atoms with Crippen LogP contribution in [0, 0.1) is 0 Å². The molecule has 82 valence electrons. The molecule has 0 aliphatic heterocycles. The van der Waals surface area contributed by atoms with Crippen molar-refractivity contribution in [3.05, 3.63) is 24.0 Å². The van der Waals surface area contributed by atoms with Crippen LogP contribution in [-0.2, 0) is 10.0 Å². The number of carbonyl (C=O) groups is 1. The van der Waals surface area contributed by atoms with Crippen molar-refractivity contribution in [2.75, 3.05) is 14.1 Å². The summed E-state index contributed by atoms with van der Waals surface area (Å²) in [5.41, 5.74) is 0.0477. The lowest BCUT2D eigenvalue weighted by Gasteiger charge is -2.09. The molecular formula is C8H11N3O3S. The third kappa shape index (κ3) is 2.74. The highest BCUT2D eigenvalue weighted by molar-refractivity contribution is 7.89. The van der Waals surface area contributed by atoms with Crippen LogP contribution in [0.5, 0.6) is 0 Å². The molecule has 0 aromatic carbocycles. The third-order valence-corrected chi connectivity index (χ3v) is 2.60. The predicted octanol–water partition coefficient (Wildman–Crippen LogP) is -0.569. The van der Waals surface area contributed by atoms with Crippen molar-refractivity contribution in [2.45, 2.75) is 4.90 Å². The standard InChI is InChI=1S/C8H11N3O3S/c1-11(2)8(12)7-5-6(3-4-10-7)15(9,13)14/h3-5H,1-2H3,(H2,9,13,14). The Hall–Kier alpha value is -1.47. The number of amides is 1. The van der Waals surface area contributed by atoms with Crippen LogP contribution >= 0.6 is 0 Å². The molecule has 0 unspecified atom stereocenters. The van der Waals surface area contributed by atoms with Crippen molar-refractivity contribution in [1.82, 2.24) is 9.88 Å². The summed E-state index contributed by atoms with van der Waals surface area (Å²) in [6.45, 7) is 0. The minimum atomic E-state index is -3.80. The van der Waals surface area contributed by atoms with E-state index in [1.807, 2.05) is 0 Å². The zero-order valence-corrected chi connectivity index (χ0v) is 9.15. The first-order valence-electron chi connectivity index (χ1n) is 4.03. The molecule has 0 radical (unpaired) electrons. The highest BCUT2D eigenvalue weighted by Crippen LogP contribution is 2.08. The number of rotatable bonds is 2. The fourth-order valence-electron chi connectivity index (χ4n) is 0.934. The molecule has 0 aliphatic rings. The molecule has 0 atom stereocenters. The van der Waals surface area contributed by atoms with Crippen molar-refractivity contribution in [1.29, 1.82) is 0 Å². The second kappa shape index (κ2) is 3.95. The van der Waals surface area contributed by atoms with Gasteiger partial charge in [0.2, 0.25) is 10.0 Å². The lowest BCUT2D eigenvalue weighted by Crippen LogP contribution is -2.23. The Bertz CT molecular complexity index is 482. The van der Waals surface area contributed by atoms with Gasteiger partial charge in [0, 0.05) is 20.3 Å². The number of nitrogens with zero attached hydrogens (tertiary/aromatic N) is 2. The van der Waals surface area contributed by atoms with E-state index in [-0.39, 0.29) is 16.5 Å². The van der Waals surface area contributed by atoms with Gasteiger partial charge in [0.1, 0.15) is 5.69 Å². The SMILES string of the molecule is CN(C)C(=O)c1cc(S(N)(=O)=O)ccn1. The predicted molar refractivity (Wildman–Crippen MR) is 53.6 cm³/mol. The van der Waals surface area contributed by atoms with Crippen molar-refractivity contribution < 1.29 is 13.2 Å². The van der Waals surface area contributed by atoms with E-state index in [0.29, 0.717) is 0 Å². The molecule has 2 N–H and O–H groups in total. The van der Waals surface area contributed by atoms with Gasteiger partial charge in [-0.05, 0) is 12.1 Å². The van der Waals surface area contributed by atoms with E-state index in [1.54, 1.807) is 14.1 Å². The second-order valence-corrected chi connectivity index (χ2v) is 4.68. The minimum Gasteiger partial charge on any atom is -0.343 e. The molecule has 0 saturated carbocycles. The molecule has 0 saturated heterocycles. The largest absolute Gasteiger partial charge is 0.343 e. The van der Waals surface area contributed by atoms with Gasteiger partial charge in [-0.3, -0.25) is 9.78 Å². The van der Waals surface area contributed by atoms with Crippen LogP contribution in [-0.4, -0.2) is 38.3 Å². The van der Waals surface area contributed by atoms with Gasteiger partial charge in [0.05, 0.1) is 4.90 Å². The van der Waals surface area contributed by atoms with Crippen LogP contribution in [0.2, 0.25) is 0 Å². The summed E-state index contributed by atoms with van der Waals surface area (Å²) < 4.78 is 22.0. The monoisotopic (exact) mass is 229 g/mol. The van der Waals surface area contributed by atoms with Crippen LogP contribution in [0.1, 0.15) is 10.5 Å². The van der Waals surface area contributed by atoms with Crippen molar-refractivity contribution in [2.24, 2.45) is 5.14 Å². The van der Waals surface area contributed by atoms with Crippen LogP contribution in [0.25, 0.3) is 0 Å². The average molecular weight is 229 g/mol. The van der Waals surface area contributed by atoms with Gasteiger partial charge in [0.15, 0.2) is 0 Å². The molecule has 15 heavy (non-hydrogen) atoms. The molecule has 1 heterocycles. The first-order valence-corrected chi connectivity index (χ1v) is 5.57. The lowest BCUT2D eigenvalue weighted by molar-refractivity contribution is 0.0821.